The van der Waals surface area contributed by atoms with Gasteiger partial charge in [-0.15, -0.1) is 0 Å². The minimum Gasteiger partial charge on any atom is -0.385 e. The van der Waals surface area contributed by atoms with Crippen LogP contribution in [0.25, 0.3) is 0 Å². The molecular formula is C10H17F4NO3. The number of carbonyl (C=O) groups excluding carboxylic acids is 2. The van der Waals surface area contributed by atoms with Crippen molar-refractivity contribution in [2.45, 2.75) is 33.6 Å². The van der Waals surface area contributed by atoms with Gasteiger partial charge in [0.15, 0.2) is 0 Å². The van der Waals surface area contributed by atoms with Crippen LogP contribution >= 0.6 is 0 Å². The fourth-order valence-corrected chi connectivity index (χ4v) is 0.859. The van der Waals surface area contributed by atoms with E-state index in [1.165, 1.54) is 19.6 Å². The Kier molecular flexibility index (Phi) is 11.7. The zero-order valence-electron chi connectivity index (χ0n) is 10.5. The van der Waals surface area contributed by atoms with E-state index in [1.807, 2.05) is 0 Å². The predicted octanol–water partition coefficient (Wildman–Crippen LogP) is 1.93. The second-order valence-corrected chi connectivity index (χ2v) is 2.96. The van der Waals surface area contributed by atoms with Gasteiger partial charge in [0.05, 0.1) is 0 Å². The maximum atomic E-state index is 11.2. The van der Waals surface area contributed by atoms with Crippen molar-refractivity contribution in [3.05, 3.63) is 0 Å². The number of halogens is 4. The third kappa shape index (κ3) is 10.0. The Morgan fingerprint density at radius 2 is 1.17 bits per heavy atom. The first-order valence-electron chi connectivity index (χ1n) is 5.34. The molecule has 0 spiro atoms. The van der Waals surface area contributed by atoms with Gasteiger partial charge >= 0.3 is 24.8 Å². The molecule has 0 heterocycles. The Morgan fingerprint density at radius 3 is 1.28 bits per heavy atom. The van der Waals surface area contributed by atoms with Gasteiger partial charge in [-0.1, -0.05) is 20.8 Å². The van der Waals surface area contributed by atoms with E-state index in [4.69, 9.17) is 0 Å². The highest BCUT2D eigenvalue weighted by molar-refractivity contribution is 5.88. The topological polar surface area (TPSA) is 46.6 Å². The Hall–Kier alpha value is -1.18. The highest BCUT2D eigenvalue weighted by Gasteiger charge is 2.26. The van der Waals surface area contributed by atoms with Crippen LogP contribution in [0, 0.1) is 0 Å². The van der Waals surface area contributed by atoms with Gasteiger partial charge in [-0.2, -0.15) is 17.6 Å². The summed E-state index contributed by atoms with van der Waals surface area (Å²) in [6, 6.07) is 0. The van der Waals surface area contributed by atoms with Crippen molar-refractivity contribution in [3.63, 3.8) is 0 Å². The minimum atomic E-state index is -3.57. The first-order chi connectivity index (χ1) is 8.29. The lowest BCUT2D eigenvalue weighted by atomic mass is 10.5. The smallest absolute Gasteiger partial charge is 0.381 e. The lowest BCUT2D eigenvalue weighted by Crippen LogP contribution is -2.23. The van der Waals surface area contributed by atoms with Crippen molar-refractivity contribution in [2.24, 2.45) is 0 Å². The molecule has 108 valence electrons. The van der Waals surface area contributed by atoms with Crippen LogP contribution < -0.4 is 0 Å². The molecule has 0 fully saturated rings. The van der Waals surface area contributed by atoms with E-state index in [9.17, 15) is 27.2 Å². The number of hydrogen-bond donors (Lipinski definition) is 0. The summed E-state index contributed by atoms with van der Waals surface area (Å²) < 4.78 is 47.7. The van der Waals surface area contributed by atoms with E-state index in [2.05, 4.69) is 30.4 Å². The molecule has 18 heavy (non-hydrogen) atoms. The summed E-state index contributed by atoms with van der Waals surface area (Å²) in [5.41, 5.74) is 0. The molecule has 0 radical (unpaired) electrons. The molecule has 0 N–H and O–H groups in total. The standard InChI is InChI=1S/C6H15N.C4H2F4O3/c1-4-7(5-2)6-3;5-1(6)3(9)11-4(10)2(7)8/h4-6H2,1-3H3;1-2H. The highest BCUT2D eigenvalue weighted by atomic mass is 19.3. The van der Waals surface area contributed by atoms with Gasteiger partial charge in [0.2, 0.25) is 0 Å². The summed E-state index contributed by atoms with van der Waals surface area (Å²) >= 11 is 0. The van der Waals surface area contributed by atoms with Gasteiger partial charge in [-0.3, -0.25) is 0 Å². The Labute approximate surface area is 103 Å². The van der Waals surface area contributed by atoms with Crippen molar-refractivity contribution < 1.29 is 31.9 Å². The quantitative estimate of drug-likeness (QED) is 0.437. The molecule has 0 atom stereocenters. The zero-order chi connectivity index (χ0) is 14.7. The predicted molar refractivity (Wildman–Crippen MR) is 56.6 cm³/mol. The summed E-state index contributed by atoms with van der Waals surface area (Å²) in [6.07, 6.45) is -7.14. The van der Waals surface area contributed by atoms with Crippen LogP contribution in [0.3, 0.4) is 0 Å². The number of hydrogen-bond acceptors (Lipinski definition) is 4. The number of esters is 2. The summed E-state index contributed by atoms with van der Waals surface area (Å²) in [4.78, 5) is 21.8. The zero-order valence-corrected chi connectivity index (χ0v) is 10.5. The molecule has 8 heteroatoms. The van der Waals surface area contributed by atoms with E-state index in [1.54, 1.807) is 0 Å². The SMILES string of the molecule is CCN(CC)CC.O=C(OC(=O)C(F)F)C(F)F. The molecule has 0 saturated heterocycles. The van der Waals surface area contributed by atoms with Crippen LogP contribution in [0.1, 0.15) is 20.8 Å². The summed E-state index contributed by atoms with van der Waals surface area (Å²) in [6.45, 7) is 10.1. The maximum Gasteiger partial charge on any atom is 0.381 e. The Morgan fingerprint density at radius 1 is 0.889 bits per heavy atom. The van der Waals surface area contributed by atoms with E-state index < -0.39 is 24.8 Å². The molecule has 0 aliphatic carbocycles. The van der Waals surface area contributed by atoms with Crippen molar-refractivity contribution >= 4 is 11.9 Å². The summed E-state index contributed by atoms with van der Waals surface area (Å²) in [5, 5.41) is 0. The monoisotopic (exact) mass is 275 g/mol. The minimum absolute atomic E-state index is 1.19. The van der Waals surface area contributed by atoms with Crippen LogP contribution in [0.5, 0.6) is 0 Å². The molecule has 0 amide bonds. The lowest BCUT2D eigenvalue weighted by Gasteiger charge is -2.13. The molecule has 0 aliphatic rings. The first kappa shape index (κ1) is 19.2. The van der Waals surface area contributed by atoms with Crippen molar-refractivity contribution in [1.82, 2.24) is 4.90 Å². The molecular weight excluding hydrogens is 258 g/mol. The van der Waals surface area contributed by atoms with Crippen LogP contribution in [0.2, 0.25) is 0 Å². The summed E-state index contributed by atoms with van der Waals surface area (Å²) in [5.74, 6) is -4.54. The van der Waals surface area contributed by atoms with Crippen LogP contribution in [-0.2, 0) is 14.3 Å². The fourth-order valence-electron chi connectivity index (χ4n) is 0.859. The van der Waals surface area contributed by atoms with E-state index in [0.717, 1.165) is 0 Å². The number of carbonyl (C=O) groups is 2. The molecule has 0 aromatic rings. The molecule has 0 aliphatic heterocycles. The van der Waals surface area contributed by atoms with Gasteiger partial charge in [0, 0.05) is 0 Å². The van der Waals surface area contributed by atoms with Gasteiger partial charge in [0.25, 0.3) is 0 Å². The van der Waals surface area contributed by atoms with Crippen LogP contribution in [0.4, 0.5) is 17.6 Å². The second-order valence-electron chi connectivity index (χ2n) is 2.96. The molecule has 4 nitrogen and oxygen atoms in total. The fraction of sp³-hybridized carbons (Fsp3) is 0.800. The molecule has 0 aromatic heterocycles. The Bertz CT molecular complexity index is 222. The Balaban J connectivity index is 0. The average Bonchev–Trinajstić information content (AvgIpc) is 2.31. The molecule has 0 rings (SSSR count). The number of alkyl halides is 4. The van der Waals surface area contributed by atoms with E-state index in [0.29, 0.717) is 0 Å². The average molecular weight is 275 g/mol. The highest BCUT2D eigenvalue weighted by Crippen LogP contribution is 2.00. The second kappa shape index (κ2) is 10.9. The lowest BCUT2D eigenvalue weighted by molar-refractivity contribution is -0.174. The first-order valence-corrected chi connectivity index (χ1v) is 5.34. The van der Waals surface area contributed by atoms with Gasteiger partial charge in [-0.25, -0.2) is 9.59 Å². The van der Waals surface area contributed by atoms with Gasteiger partial charge in [-0.05, 0) is 19.6 Å². The maximum absolute atomic E-state index is 11.2. The number of ether oxygens (including phenoxy) is 1. The third-order valence-electron chi connectivity index (χ3n) is 1.90. The molecule has 0 unspecified atom stereocenters. The van der Waals surface area contributed by atoms with Crippen molar-refractivity contribution in [2.75, 3.05) is 19.6 Å². The van der Waals surface area contributed by atoms with Gasteiger partial charge < -0.3 is 9.64 Å². The van der Waals surface area contributed by atoms with Crippen molar-refractivity contribution in [1.29, 1.82) is 0 Å². The number of nitrogens with zero attached hydrogens (tertiary/aromatic N) is 1. The van der Waals surface area contributed by atoms with Crippen LogP contribution in [0.15, 0.2) is 0 Å². The molecule has 0 saturated carbocycles. The largest absolute Gasteiger partial charge is 0.385 e. The van der Waals surface area contributed by atoms with Crippen LogP contribution in [-0.4, -0.2) is 49.3 Å². The number of rotatable bonds is 5. The summed E-state index contributed by atoms with van der Waals surface area (Å²) in [7, 11) is 0. The molecule has 0 aromatic carbocycles. The normalized spacial score (nSPS) is 10.3. The van der Waals surface area contributed by atoms with E-state index in [-0.39, 0.29) is 0 Å². The van der Waals surface area contributed by atoms with Crippen molar-refractivity contribution in [3.8, 4) is 0 Å². The third-order valence-corrected chi connectivity index (χ3v) is 1.90. The van der Waals surface area contributed by atoms with Gasteiger partial charge in [0.1, 0.15) is 0 Å². The van der Waals surface area contributed by atoms with E-state index >= 15 is 0 Å². The molecule has 0 bridgehead atoms.